The Morgan fingerprint density at radius 3 is 2.47 bits per heavy atom. The van der Waals surface area contributed by atoms with E-state index in [4.69, 9.17) is 14.9 Å². The molecule has 0 aromatic rings. The molecule has 1 aliphatic rings. The first kappa shape index (κ1) is 11.7. The van der Waals surface area contributed by atoms with Gasteiger partial charge in [0.25, 0.3) is 0 Å². The van der Waals surface area contributed by atoms with Crippen molar-refractivity contribution in [2.24, 2.45) is 0 Å². The number of ether oxygens (including phenoxy) is 1. The van der Waals surface area contributed by atoms with Crippen molar-refractivity contribution in [3.05, 3.63) is 0 Å². The van der Waals surface area contributed by atoms with E-state index in [1.807, 2.05) is 0 Å². The third kappa shape index (κ3) is 3.37. The van der Waals surface area contributed by atoms with Crippen molar-refractivity contribution >= 4 is 12.0 Å². The van der Waals surface area contributed by atoms with Gasteiger partial charge >= 0.3 is 12.0 Å². The summed E-state index contributed by atoms with van der Waals surface area (Å²) >= 11 is 0. The molecule has 86 valence electrons. The van der Waals surface area contributed by atoms with Crippen LogP contribution in [0.4, 0.5) is 4.79 Å². The highest BCUT2D eigenvalue weighted by Crippen LogP contribution is 1.97. The summed E-state index contributed by atoms with van der Waals surface area (Å²) in [5.74, 6) is -1.25. The molecule has 15 heavy (non-hydrogen) atoms. The van der Waals surface area contributed by atoms with E-state index in [0.29, 0.717) is 26.3 Å². The van der Waals surface area contributed by atoms with Crippen molar-refractivity contribution in [2.75, 3.05) is 32.9 Å². The lowest BCUT2D eigenvalue weighted by Gasteiger charge is -2.27. The molecule has 0 unspecified atom stereocenters. The topological polar surface area (TPSA) is 99.1 Å². The van der Waals surface area contributed by atoms with Crippen LogP contribution >= 0.6 is 0 Å². The molecule has 0 saturated carbocycles. The maximum Gasteiger partial charge on any atom is 0.328 e. The van der Waals surface area contributed by atoms with Crippen molar-refractivity contribution in [3.8, 4) is 0 Å². The molecule has 0 radical (unpaired) electrons. The lowest BCUT2D eigenvalue weighted by Crippen LogP contribution is -2.52. The van der Waals surface area contributed by atoms with Gasteiger partial charge in [0, 0.05) is 13.1 Å². The quantitative estimate of drug-likeness (QED) is 0.534. The predicted octanol–water partition coefficient (Wildman–Crippen LogP) is -1.53. The summed E-state index contributed by atoms with van der Waals surface area (Å²) in [6, 6.07) is -1.74. The van der Waals surface area contributed by atoms with Crippen molar-refractivity contribution < 1.29 is 24.5 Å². The van der Waals surface area contributed by atoms with E-state index in [1.54, 1.807) is 0 Å². The first-order valence-corrected chi connectivity index (χ1v) is 4.62. The number of amides is 2. The molecule has 0 aliphatic carbocycles. The molecule has 1 atom stereocenters. The van der Waals surface area contributed by atoms with Crippen molar-refractivity contribution in [2.45, 2.75) is 6.04 Å². The molecule has 0 bridgehead atoms. The maximum atomic E-state index is 11.5. The number of nitrogens with one attached hydrogen (secondary N) is 1. The minimum absolute atomic E-state index is 0.434. The summed E-state index contributed by atoms with van der Waals surface area (Å²) in [7, 11) is 0. The number of carboxylic acid groups (broad SMARTS) is 1. The van der Waals surface area contributed by atoms with Gasteiger partial charge < -0.3 is 25.2 Å². The van der Waals surface area contributed by atoms with Crippen LogP contribution in [0.3, 0.4) is 0 Å². The van der Waals surface area contributed by atoms with E-state index >= 15 is 0 Å². The number of hydrogen-bond acceptors (Lipinski definition) is 4. The number of carbonyl (C=O) groups excluding carboxylic acids is 1. The van der Waals surface area contributed by atoms with Crippen LogP contribution in [0.15, 0.2) is 0 Å². The van der Waals surface area contributed by atoms with Gasteiger partial charge in [-0.05, 0) is 0 Å². The number of carboxylic acids is 1. The fourth-order valence-corrected chi connectivity index (χ4v) is 1.19. The predicted molar refractivity (Wildman–Crippen MR) is 49.4 cm³/mol. The van der Waals surface area contributed by atoms with Crippen LogP contribution < -0.4 is 5.32 Å². The van der Waals surface area contributed by atoms with E-state index in [2.05, 4.69) is 5.32 Å². The Morgan fingerprint density at radius 2 is 2.00 bits per heavy atom. The van der Waals surface area contributed by atoms with Gasteiger partial charge in [0.05, 0.1) is 19.8 Å². The molecular formula is C8H14N2O5. The van der Waals surface area contributed by atoms with Gasteiger partial charge in [-0.1, -0.05) is 0 Å². The number of hydrogen-bond donors (Lipinski definition) is 3. The largest absolute Gasteiger partial charge is 0.480 e. The second-order valence-electron chi connectivity index (χ2n) is 3.12. The highest BCUT2D eigenvalue weighted by Gasteiger charge is 2.23. The van der Waals surface area contributed by atoms with E-state index in [-0.39, 0.29) is 0 Å². The van der Waals surface area contributed by atoms with Crippen molar-refractivity contribution in [3.63, 3.8) is 0 Å². The molecule has 0 aromatic carbocycles. The molecular weight excluding hydrogens is 204 g/mol. The van der Waals surface area contributed by atoms with Crippen LogP contribution in [0, 0.1) is 0 Å². The number of carbonyl (C=O) groups is 2. The molecule has 7 nitrogen and oxygen atoms in total. The normalized spacial score (nSPS) is 18.3. The number of urea groups is 1. The number of aliphatic hydroxyl groups excluding tert-OH is 1. The molecule has 1 heterocycles. The van der Waals surface area contributed by atoms with Crippen LogP contribution in [0.2, 0.25) is 0 Å². The Kier molecular flexibility index (Phi) is 4.32. The standard InChI is InChI=1S/C8H14N2O5/c11-5-6(7(12)13)9-8(14)10-1-3-15-4-2-10/h6,11H,1-5H2,(H,9,14)(H,12,13)/t6-/m1/s1. The molecule has 0 spiro atoms. The van der Waals surface area contributed by atoms with Crippen molar-refractivity contribution in [1.29, 1.82) is 0 Å². The summed E-state index contributed by atoms with van der Waals surface area (Å²) in [5.41, 5.74) is 0. The SMILES string of the molecule is O=C(O)[C@@H](CO)NC(=O)N1CCOCC1. The van der Waals surface area contributed by atoms with Gasteiger partial charge in [0.15, 0.2) is 6.04 Å². The highest BCUT2D eigenvalue weighted by molar-refractivity contribution is 5.82. The first-order chi connectivity index (χ1) is 7.15. The van der Waals surface area contributed by atoms with Gasteiger partial charge in [-0.25, -0.2) is 9.59 Å². The fraction of sp³-hybridized carbons (Fsp3) is 0.750. The molecule has 7 heteroatoms. The second kappa shape index (κ2) is 5.52. The average molecular weight is 218 g/mol. The number of rotatable bonds is 3. The van der Waals surface area contributed by atoms with Crippen LogP contribution in [-0.2, 0) is 9.53 Å². The lowest BCUT2D eigenvalue weighted by molar-refractivity contribution is -0.140. The number of aliphatic carboxylic acids is 1. The minimum atomic E-state index is -1.25. The second-order valence-corrected chi connectivity index (χ2v) is 3.12. The van der Waals surface area contributed by atoms with E-state index in [0.717, 1.165) is 0 Å². The zero-order valence-electron chi connectivity index (χ0n) is 8.18. The fourth-order valence-electron chi connectivity index (χ4n) is 1.19. The van der Waals surface area contributed by atoms with E-state index < -0.39 is 24.6 Å². The molecule has 2 amide bonds. The van der Waals surface area contributed by atoms with Crippen LogP contribution in [0.5, 0.6) is 0 Å². The monoisotopic (exact) mass is 218 g/mol. The zero-order valence-corrected chi connectivity index (χ0v) is 8.18. The van der Waals surface area contributed by atoms with Gasteiger partial charge in [-0.2, -0.15) is 0 Å². The highest BCUT2D eigenvalue weighted by atomic mass is 16.5. The minimum Gasteiger partial charge on any atom is -0.480 e. The summed E-state index contributed by atoms with van der Waals surface area (Å²) in [6.45, 7) is 1.15. The van der Waals surface area contributed by atoms with Gasteiger partial charge in [-0.15, -0.1) is 0 Å². The molecule has 1 rings (SSSR count). The zero-order chi connectivity index (χ0) is 11.3. The Hall–Kier alpha value is -1.34. The number of aliphatic hydroxyl groups is 1. The number of nitrogens with zero attached hydrogens (tertiary/aromatic N) is 1. The Balaban J connectivity index is 2.42. The maximum absolute atomic E-state index is 11.5. The third-order valence-electron chi connectivity index (χ3n) is 2.08. The summed E-state index contributed by atoms with van der Waals surface area (Å²) in [5, 5.41) is 19.5. The molecule has 1 saturated heterocycles. The summed E-state index contributed by atoms with van der Waals surface area (Å²) < 4.78 is 5.04. The molecule has 0 aromatic heterocycles. The Labute approximate surface area is 86.6 Å². The Morgan fingerprint density at radius 1 is 1.40 bits per heavy atom. The molecule has 1 fully saturated rings. The number of morpholine rings is 1. The molecule has 1 aliphatic heterocycles. The van der Waals surface area contributed by atoms with E-state index in [9.17, 15) is 9.59 Å². The van der Waals surface area contributed by atoms with E-state index in [1.165, 1.54) is 4.90 Å². The summed E-state index contributed by atoms with van der Waals surface area (Å²) in [6.07, 6.45) is 0. The Bertz CT molecular complexity index is 239. The van der Waals surface area contributed by atoms with Crippen LogP contribution in [0.25, 0.3) is 0 Å². The van der Waals surface area contributed by atoms with Crippen LogP contribution in [-0.4, -0.2) is 66.1 Å². The average Bonchev–Trinajstić information content (AvgIpc) is 2.26. The summed E-state index contributed by atoms with van der Waals surface area (Å²) in [4.78, 5) is 23.4. The van der Waals surface area contributed by atoms with Gasteiger partial charge in [0.2, 0.25) is 0 Å². The van der Waals surface area contributed by atoms with Crippen LogP contribution in [0.1, 0.15) is 0 Å². The van der Waals surface area contributed by atoms with Gasteiger partial charge in [-0.3, -0.25) is 0 Å². The van der Waals surface area contributed by atoms with Gasteiger partial charge in [0.1, 0.15) is 0 Å². The third-order valence-corrected chi connectivity index (χ3v) is 2.08. The smallest absolute Gasteiger partial charge is 0.328 e. The first-order valence-electron chi connectivity index (χ1n) is 4.62. The van der Waals surface area contributed by atoms with Crippen molar-refractivity contribution in [1.82, 2.24) is 10.2 Å². The lowest BCUT2D eigenvalue weighted by atomic mass is 10.3. The molecule has 3 N–H and O–H groups in total.